The Labute approximate surface area is 147 Å². The van der Waals surface area contributed by atoms with Crippen LogP contribution in [0.25, 0.3) is 10.9 Å². The second kappa shape index (κ2) is 6.39. The van der Waals surface area contributed by atoms with Gasteiger partial charge in [0, 0.05) is 25.1 Å². The summed E-state index contributed by atoms with van der Waals surface area (Å²) in [4.78, 5) is 23.7. The third-order valence-corrected chi connectivity index (χ3v) is 5.42. The van der Waals surface area contributed by atoms with Gasteiger partial charge in [-0.2, -0.15) is 0 Å². The number of hydrogen-bond donors (Lipinski definition) is 2. The molecule has 3 atom stereocenters. The lowest BCUT2D eigenvalue weighted by Crippen LogP contribution is -2.33. The Morgan fingerprint density at radius 2 is 2.08 bits per heavy atom. The molecule has 2 amide bonds. The fraction of sp³-hybridized carbons (Fsp3) is 0.400. The van der Waals surface area contributed by atoms with Crippen molar-refractivity contribution in [2.75, 3.05) is 11.9 Å². The number of fused-ring (bicyclic) bond motifs is 3. The highest BCUT2D eigenvalue weighted by molar-refractivity contribution is 6.01. The van der Waals surface area contributed by atoms with Crippen molar-refractivity contribution in [3.8, 4) is 0 Å². The molecule has 130 valence electrons. The van der Waals surface area contributed by atoms with Crippen molar-refractivity contribution < 1.29 is 9.59 Å². The molecule has 1 fully saturated rings. The van der Waals surface area contributed by atoms with Gasteiger partial charge in [-0.3, -0.25) is 9.59 Å². The summed E-state index contributed by atoms with van der Waals surface area (Å²) in [6, 6.07) is 7.67. The first kappa shape index (κ1) is 15.9. The van der Waals surface area contributed by atoms with Crippen molar-refractivity contribution in [2.24, 2.45) is 17.8 Å². The number of allylic oxidation sites excluding steroid dienone is 2. The number of carbonyl (C=O) groups excluding carboxylic acids is 2. The first-order chi connectivity index (χ1) is 12.1. The molecule has 0 radical (unpaired) electrons. The van der Waals surface area contributed by atoms with Gasteiger partial charge in [-0.25, -0.2) is 0 Å². The first-order valence-electron chi connectivity index (χ1n) is 8.90. The van der Waals surface area contributed by atoms with Crippen LogP contribution in [0.1, 0.15) is 19.8 Å². The van der Waals surface area contributed by atoms with Crippen molar-refractivity contribution in [3.63, 3.8) is 0 Å². The second-order valence-corrected chi connectivity index (χ2v) is 7.21. The fourth-order valence-corrected chi connectivity index (χ4v) is 4.24. The van der Waals surface area contributed by atoms with Crippen LogP contribution in [0.3, 0.4) is 0 Å². The molecule has 2 N–H and O–H groups in total. The van der Waals surface area contributed by atoms with Crippen LogP contribution >= 0.6 is 0 Å². The lowest BCUT2D eigenvalue weighted by Gasteiger charge is -2.18. The van der Waals surface area contributed by atoms with Gasteiger partial charge in [-0.1, -0.05) is 18.2 Å². The molecule has 5 nitrogen and oxygen atoms in total. The maximum Gasteiger partial charge on any atom is 0.239 e. The number of aromatic nitrogens is 1. The van der Waals surface area contributed by atoms with E-state index in [2.05, 4.69) is 22.8 Å². The van der Waals surface area contributed by atoms with E-state index in [0.717, 1.165) is 29.1 Å². The van der Waals surface area contributed by atoms with Gasteiger partial charge in [0.15, 0.2) is 0 Å². The molecule has 4 rings (SSSR count). The van der Waals surface area contributed by atoms with Crippen LogP contribution in [0, 0.1) is 17.8 Å². The Kier molecular flexibility index (Phi) is 4.07. The average Bonchev–Trinajstić information content (AvgIpc) is 3.29. The van der Waals surface area contributed by atoms with E-state index in [1.807, 2.05) is 35.0 Å². The minimum absolute atomic E-state index is 0.0363. The third-order valence-electron chi connectivity index (χ3n) is 5.42. The third kappa shape index (κ3) is 3.18. The topological polar surface area (TPSA) is 63.1 Å². The number of benzene rings is 1. The van der Waals surface area contributed by atoms with Crippen molar-refractivity contribution in [3.05, 3.63) is 42.6 Å². The number of amides is 2. The predicted octanol–water partition coefficient (Wildman–Crippen LogP) is 2.93. The Balaban J connectivity index is 1.41. The summed E-state index contributed by atoms with van der Waals surface area (Å²) >= 11 is 0. The highest BCUT2D eigenvalue weighted by Gasteiger charge is 2.35. The molecular weight excluding hydrogens is 314 g/mol. The van der Waals surface area contributed by atoms with Gasteiger partial charge in [-0.15, -0.1) is 0 Å². The zero-order valence-corrected chi connectivity index (χ0v) is 14.4. The van der Waals surface area contributed by atoms with Gasteiger partial charge < -0.3 is 15.2 Å². The van der Waals surface area contributed by atoms with Crippen LogP contribution in [0.2, 0.25) is 0 Å². The summed E-state index contributed by atoms with van der Waals surface area (Å²) in [6.45, 7) is 2.55. The van der Waals surface area contributed by atoms with Crippen LogP contribution in [-0.2, 0) is 16.1 Å². The van der Waals surface area contributed by atoms with Crippen molar-refractivity contribution in [2.45, 2.75) is 26.3 Å². The molecule has 1 saturated carbocycles. The molecule has 5 heteroatoms. The van der Waals surface area contributed by atoms with Crippen LogP contribution < -0.4 is 10.6 Å². The molecule has 2 aliphatic carbocycles. The van der Waals surface area contributed by atoms with E-state index >= 15 is 0 Å². The van der Waals surface area contributed by atoms with Crippen molar-refractivity contribution in [1.82, 2.24) is 9.88 Å². The summed E-state index contributed by atoms with van der Waals surface area (Å²) in [5.74, 6) is 1.91. The van der Waals surface area contributed by atoms with E-state index < -0.39 is 0 Å². The average molecular weight is 337 g/mol. The van der Waals surface area contributed by atoms with Crippen molar-refractivity contribution >= 4 is 28.4 Å². The smallest absolute Gasteiger partial charge is 0.239 e. The lowest BCUT2D eigenvalue weighted by atomic mass is 9.94. The van der Waals surface area contributed by atoms with E-state index in [9.17, 15) is 9.59 Å². The second-order valence-electron chi connectivity index (χ2n) is 7.21. The molecule has 2 aliphatic rings. The monoisotopic (exact) mass is 337 g/mol. The van der Waals surface area contributed by atoms with Crippen LogP contribution in [0.15, 0.2) is 42.6 Å². The number of nitrogens with zero attached hydrogens (tertiary/aromatic N) is 1. The van der Waals surface area contributed by atoms with E-state index in [-0.39, 0.29) is 11.8 Å². The number of anilines is 1. The fourth-order valence-electron chi connectivity index (χ4n) is 4.24. The molecule has 1 aromatic carbocycles. The highest BCUT2D eigenvalue weighted by atomic mass is 16.2. The van der Waals surface area contributed by atoms with E-state index in [0.29, 0.717) is 18.4 Å². The molecule has 0 spiro atoms. The van der Waals surface area contributed by atoms with Gasteiger partial charge >= 0.3 is 0 Å². The summed E-state index contributed by atoms with van der Waals surface area (Å²) in [6.07, 6.45) is 8.99. The molecule has 2 aromatic rings. The van der Waals surface area contributed by atoms with Crippen LogP contribution in [0.4, 0.5) is 5.69 Å². The summed E-state index contributed by atoms with van der Waals surface area (Å²) in [7, 11) is 0. The molecule has 2 bridgehead atoms. The molecule has 1 heterocycles. The van der Waals surface area contributed by atoms with E-state index in [1.54, 1.807) is 0 Å². The quantitative estimate of drug-likeness (QED) is 0.824. The summed E-state index contributed by atoms with van der Waals surface area (Å²) < 4.78 is 1.93. The van der Waals surface area contributed by atoms with Gasteiger partial charge in [-0.05, 0) is 48.8 Å². The van der Waals surface area contributed by atoms with E-state index in [1.165, 1.54) is 19.8 Å². The van der Waals surface area contributed by atoms with Crippen LogP contribution in [-0.4, -0.2) is 22.9 Å². The summed E-state index contributed by atoms with van der Waals surface area (Å²) in [5, 5.41) is 6.88. The van der Waals surface area contributed by atoms with Gasteiger partial charge in [0.05, 0.1) is 11.2 Å². The Bertz CT molecular complexity index is 852. The Morgan fingerprint density at radius 1 is 1.20 bits per heavy atom. The van der Waals surface area contributed by atoms with Gasteiger partial charge in [0.2, 0.25) is 11.8 Å². The molecule has 0 unspecified atom stereocenters. The van der Waals surface area contributed by atoms with Crippen molar-refractivity contribution in [1.29, 1.82) is 0 Å². The van der Waals surface area contributed by atoms with Gasteiger partial charge in [0.1, 0.15) is 6.54 Å². The number of hydrogen-bond acceptors (Lipinski definition) is 2. The molecule has 1 aromatic heterocycles. The maximum absolute atomic E-state index is 12.4. The zero-order valence-electron chi connectivity index (χ0n) is 14.4. The van der Waals surface area contributed by atoms with Gasteiger partial charge in [0.25, 0.3) is 0 Å². The van der Waals surface area contributed by atoms with Crippen LogP contribution in [0.5, 0.6) is 0 Å². The highest BCUT2D eigenvalue weighted by Crippen LogP contribution is 2.42. The first-order valence-corrected chi connectivity index (χ1v) is 8.90. The molecular formula is C20H23N3O2. The number of carbonyl (C=O) groups is 2. The minimum Gasteiger partial charge on any atom is -0.354 e. The largest absolute Gasteiger partial charge is 0.354 e. The minimum atomic E-state index is -0.0992. The summed E-state index contributed by atoms with van der Waals surface area (Å²) in [5.41, 5.74) is 1.72. The Hall–Kier alpha value is -2.56. The van der Waals surface area contributed by atoms with E-state index in [4.69, 9.17) is 0 Å². The number of nitrogens with one attached hydrogen (secondary N) is 2. The normalized spacial score (nSPS) is 24.0. The molecule has 0 saturated heterocycles. The Morgan fingerprint density at radius 3 is 2.80 bits per heavy atom. The zero-order chi connectivity index (χ0) is 17.4. The number of rotatable bonds is 5. The predicted molar refractivity (Wildman–Crippen MR) is 98.1 cm³/mol. The molecule has 25 heavy (non-hydrogen) atoms. The molecule has 0 aliphatic heterocycles. The lowest BCUT2D eigenvalue weighted by molar-refractivity contribution is -0.121. The maximum atomic E-state index is 12.4. The SMILES string of the molecule is CC(=O)Nc1cccc2c1ccn2CC(=O)NC[C@H]1C[C@H]2C=C[C@H]1C2. The standard InChI is InChI=1S/C20H23N3O2/c1-13(24)22-18-3-2-4-19-17(18)7-8-23(19)12-20(25)21-11-16-10-14-5-6-15(16)9-14/h2-8,14-16H,9-12H2,1H3,(H,21,25)(H,22,24)/t14-,15-,16+/m0/s1.